The molecule has 0 saturated heterocycles. The number of aliphatic carboxylic acids is 1. The van der Waals surface area contributed by atoms with Crippen molar-refractivity contribution in [2.75, 3.05) is 17.7 Å². The lowest BCUT2D eigenvalue weighted by Gasteiger charge is -2.24. The minimum absolute atomic E-state index is 0.0102. The number of anilines is 2. The van der Waals surface area contributed by atoms with E-state index < -0.39 is 17.9 Å². The number of ether oxygens (including phenoxy) is 1. The Morgan fingerprint density at radius 3 is 2.67 bits per heavy atom. The number of fused-ring (bicyclic) bond motifs is 1. The third kappa shape index (κ3) is 3.62. The Bertz CT molecular complexity index is 1150. The second-order valence-corrected chi connectivity index (χ2v) is 6.90. The van der Waals surface area contributed by atoms with E-state index in [1.54, 1.807) is 42.1 Å². The first-order chi connectivity index (χ1) is 14.5. The van der Waals surface area contributed by atoms with Crippen molar-refractivity contribution < 1.29 is 19.4 Å². The standard InChI is InChI=1S/C22H20N4O4/c1-13-6-8-14(9-7-13)19-11-18(22(28)29)25-20-17(12-23-26(19)20)21(27)24-15-4-3-5-16(10-15)30-2/h3-12,19,25H,1-2H3,(H,24,27)(H,28,29)/t19-/m0/s1. The average Bonchev–Trinajstić information content (AvgIpc) is 3.18. The SMILES string of the molecule is COc1cccc(NC(=O)c2cnn3c2NC(C(=O)O)=C[C@H]3c2ccc(C)cc2)c1. The molecule has 1 amide bonds. The maximum absolute atomic E-state index is 12.9. The number of nitrogens with zero attached hydrogens (tertiary/aromatic N) is 2. The second-order valence-electron chi connectivity index (χ2n) is 6.90. The fourth-order valence-electron chi connectivity index (χ4n) is 3.29. The highest BCUT2D eigenvalue weighted by atomic mass is 16.5. The number of hydrogen-bond acceptors (Lipinski definition) is 5. The lowest BCUT2D eigenvalue weighted by Crippen LogP contribution is -2.25. The second kappa shape index (κ2) is 7.75. The molecule has 8 heteroatoms. The van der Waals surface area contributed by atoms with Gasteiger partial charge in [-0.05, 0) is 30.7 Å². The van der Waals surface area contributed by atoms with E-state index >= 15 is 0 Å². The number of carboxylic acid groups (broad SMARTS) is 1. The molecule has 3 N–H and O–H groups in total. The number of aryl methyl sites for hydroxylation is 1. The average molecular weight is 404 g/mol. The summed E-state index contributed by atoms with van der Waals surface area (Å²) in [7, 11) is 1.55. The molecule has 1 aromatic heterocycles. The van der Waals surface area contributed by atoms with Crippen LogP contribution in [0.15, 0.2) is 66.5 Å². The number of nitrogens with one attached hydrogen (secondary N) is 2. The molecule has 4 rings (SSSR count). The van der Waals surface area contributed by atoms with Crippen molar-refractivity contribution >= 4 is 23.4 Å². The first-order valence-electron chi connectivity index (χ1n) is 9.28. The number of amides is 1. The number of benzene rings is 2. The number of rotatable bonds is 5. The zero-order valence-corrected chi connectivity index (χ0v) is 16.4. The van der Waals surface area contributed by atoms with Crippen LogP contribution in [-0.4, -0.2) is 33.9 Å². The highest BCUT2D eigenvalue weighted by molar-refractivity contribution is 6.08. The Hall–Kier alpha value is -4.07. The molecule has 152 valence electrons. The van der Waals surface area contributed by atoms with Crippen molar-refractivity contribution in [3.8, 4) is 5.75 Å². The van der Waals surface area contributed by atoms with Gasteiger partial charge < -0.3 is 20.5 Å². The molecule has 3 aromatic rings. The van der Waals surface area contributed by atoms with Gasteiger partial charge in [0.1, 0.15) is 22.8 Å². The number of aromatic nitrogens is 2. The molecular formula is C22H20N4O4. The van der Waals surface area contributed by atoms with Crippen LogP contribution < -0.4 is 15.4 Å². The van der Waals surface area contributed by atoms with E-state index in [0.717, 1.165) is 11.1 Å². The maximum atomic E-state index is 12.9. The van der Waals surface area contributed by atoms with Crippen molar-refractivity contribution in [2.24, 2.45) is 0 Å². The van der Waals surface area contributed by atoms with Crippen LogP contribution in [0.3, 0.4) is 0 Å². The van der Waals surface area contributed by atoms with E-state index in [4.69, 9.17) is 4.74 Å². The molecular weight excluding hydrogens is 384 g/mol. The Labute approximate surface area is 172 Å². The van der Waals surface area contributed by atoms with Gasteiger partial charge in [-0.1, -0.05) is 35.9 Å². The molecule has 1 atom stereocenters. The lowest BCUT2D eigenvalue weighted by molar-refractivity contribution is -0.132. The fraction of sp³-hybridized carbons (Fsp3) is 0.136. The Morgan fingerprint density at radius 1 is 1.20 bits per heavy atom. The molecule has 0 radical (unpaired) electrons. The van der Waals surface area contributed by atoms with Crippen LogP contribution in [0.2, 0.25) is 0 Å². The summed E-state index contributed by atoms with van der Waals surface area (Å²) in [6.45, 7) is 1.98. The third-order valence-corrected chi connectivity index (χ3v) is 4.86. The first kappa shape index (κ1) is 19.3. The predicted molar refractivity (Wildman–Crippen MR) is 112 cm³/mol. The van der Waals surface area contributed by atoms with Crippen LogP contribution in [0.5, 0.6) is 5.75 Å². The molecule has 1 aliphatic rings. The molecule has 0 bridgehead atoms. The van der Waals surface area contributed by atoms with Crippen LogP contribution in [0.4, 0.5) is 11.5 Å². The minimum Gasteiger partial charge on any atom is -0.497 e. The molecule has 8 nitrogen and oxygen atoms in total. The van der Waals surface area contributed by atoms with E-state index in [9.17, 15) is 14.7 Å². The van der Waals surface area contributed by atoms with E-state index in [-0.39, 0.29) is 11.3 Å². The van der Waals surface area contributed by atoms with Crippen LogP contribution in [-0.2, 0) is 4.79 Å². The van der Waals surface area contributed by atoms with E-state index in [1.807, 2.05) is 31.2 Å². The summed E-state index contributed by atoms with van der Waals surface area (Å²) >= 11 is 0. The van der Waals surface area contributed by atoms with Gasteiger partial charge in [0.2, 0.25) is 0 Å². The van der Waals surface area contributed by atoms with Gasteiger partial charge in [-0.2, -0.15) is 5.10 Å². The molecule has 0 unspecified atom stereocenters. The lowest BCUT2D eigenvalue weighted by atomic mass is 10.0. The highest BCUT2D eigenvalue weighted by Crippen LogP contribution is 2.32. The molecule has 1 aliphatic heterocycles. The van der Waals surface area contributed by atoms with Gasteiger partial charge in [-0.15, -0.1) is 0 Å². The minimum atomic E-state index is -1.11. The van der Waals surface area contributed by atoms with Crippen molar-refractivity contribution in [1.29, 1.82) is 0 Å². The molecule has 0 spiro atoms. The molecule has 30 heavy (non-hydrogen) atoms. The Morgan fingerprint density at radius 2 is 1.97 bits per heavy atom. The van der Waals surface area contributed by atoms with Gasteiger partial charge >= 0.3 is 5.97 Å². The molecule has 0 aliphatic carbocycles. The van der Waals surface area contributed by atoms with Gasteiger partial charge in [-0.25, -0.2) is 9.48 Å². The number of carbonyl (C=O) groups is 2. The van der Waals surface area contributed by atoms with Crippen molar-refractivity contribution in [3.63, 3.8) is 0 Å². The van der Waals surface area contributed by atoms with Crippen LogP contribution >= 0.6 is 0 Å². The summed E-state index contributed by atoms with van der Waals surface area (Å²) in [6.07, 6.45) is 3.01. The monoisotopic (exact) mass is 404 g/mol. The van der Waals surface area contributed by atoms with E-state index in [1.165, 1.54) is 6.20 Å². The summed E-state index contributed by atoms with van der Waals surface area (Å²) in [4.78, 5) is 24.6. The van der Waals surface area contributed by atoms with Crippen molar-refractivity contribution in [1.82, 2.24) is 9.78 Å². The van der Waals surface area contributed by atoms with Crippen LogP contribution in [0, 0.1) is 6.92 Å². The van der Waals surface area contributed by atoms with Gasteiger partial charge in [0.05, 0.1) is 19.3 Å². The Balaban J connectivity index is 1.70. The van der Waals surface area contributed by atoms with E-state index in [0.29, 0.717) is 17.3 Å². The maximum Gasteiger partial charge on any atom is 0.352 e. The summed E-state index contributed by atoms with van der Waals surface area (Å²) in [5.74, 6) is -0.593. The smallest absolute Gasteiger partial charge is 0.352 e. The fourth-order valence-corrected chi connectivity index (χ4v) is 3.29. The van der Waals surface area contributed by atoms with Crippen LogP contribution in [0.1, 0.15) is 27.5 Å². The Kier molecular flexibility index (Phi) is 4.97. The van der Waals surface area contributed by atoms with Gasteiger partial charge in [0.15, 0.2) is 0 Å². The summed E-state index contributed by atoms with van der Waals surface area (Å²) < 4.78 is 6.79. The van der Waals surface area contributed by atoms with Crippen LogP contribution in [0.25, 0.3) is 0 Å². The summed E-state index contributed by atoms with van der Waals surface area (Å²) in [5, 5.41) is 19.5. The first-order valence-corrected chi connectivity index (χ1v) is 9.28. The zero-order valence-electron chi connectivity index (χ0n) is 16.4. The topological polar surface area (TPSA) is 105 Å². The number of methoxy groups -OCH3 is 1. The van der Waals surface area contributed by atoms with Gasteiger partial charge in [-0.3, -0.25) is 4.79 Å². The number of carboxylic acids is 1. The molecule has 2 heterocycles. The summed E-state index contributed by atoms with van der Waals surface area (Å²) in [5.41, 5.74) is 2.74. The third-order valence-electron chi connectivity index (χ3n) is 4.86. The normalized spacial score (nSPS) is 14.9. The number of hydrogen-bond donors (Lipinski definition) is 3. The number of carbonyl (C=O) groups excluding carboxylic acids is 1. The van der Waals surface area contributed by atoms with Gasteiger partial charge in [0.25, 0.3) is 5.91 Å². The molecule has 2 aromatic carbocycles. The predicted octanol–water partition coefficient (Wildman–Crippen LogP) is 3.44. The highest BCUT2D eigenvalue weighted by Gasteiger charge is 2.29. The van der Waals surface area contributed by atoms with E-state index in [2.05, 4.69) is 15.7 Å². The van der Waals surface area contributed by atoms with Crippen molar-refractivity contribution in [2.45, 2.75) is 13.0 Å². The molecule has 0 fully saturated rings. The van der Waals surface area contributed by atoms with Crippen molar-refractivity contribution in [3.05, 3.63) is 83.2 Å². The number of allylic oxidation sites excluding steroid dienone is 1. The quantitative estimate of drug-likeness (QED) is 0.602. The largest absolute Gasteiger partial charge is 0.497 e. The van der Waals surface area contributed by atoms with Gasteiger partial charge in [0, 0.05) is 11.8 Å². The summed E-state index contributed by atoms with van der Waals surface area (Å²) in [6, 6.07) is 14.3. The zero-order chi connectivity index (χ0) is 21.3. The molecule has 0 saturated carbocycles.